The molecule has 31 heavy (non-hydrogen) atoms. The number of fused-ring (bicyclic) bond motifs is 2. The van der Waals surface area contributed by atoms with Crippen LogP contribution in [0.5, 0.6) is 5.75 Å². The fourth-order valence-electron chi connectivity index (χ4n) is 4.25. The van der Waals surface area contributed by atoms with Crippen LogP contribution in [0.15, 0.2) is 60.7 Å². The lowest BCUT2D eigenvalue weighted by Gasteiger charge is -2.27. The van der Waals surface area contributed by atoms with E-state index >= 15 is 0 Å². The first-order chi connectivity index (χ1) is 15.2. The summed E-state index contributed by atoms with van der Waals surface area (Å²) in [6.07, 6.45) is 0. The van der Waals surface area contributed by atoms with Crippen molar-refractivity contribution >= 4 is 27.8 Å². The summed E-state index contributed by atoms with van der Waals surface area (Å²) in [5.74, 6) is 1.87. The number of nitrogens with one attached hydrogen (secondary N) is 2. The first kappa shape index (κ1) is 18.0. The Morgan fingerprint density at radius 1 is 0.742 bits per heavy atom. The van der Waals surface area contributed by atoms with E-state index in [-0.39, 0.29) is 5.75 Å². The molecule has 0 unspecified atom stereocenters. The van der Waals surface area contributed by atoms with Gasteiger partial charge in [0.2, 0.25) is 0 Å². The Balaban J connectivity index is 1.35. The van der Waals surface area contributed by atoms with Gasteiger partial charge in [-0.25, -0.2) is 9.97 Å². The molecule has 0 aliphatic carbocycles. The van der Waals surface area contributed by atoms with Gasteiger partial charge in [-0.2, -0.15) is 0 Å². The summed E-state index contributed by atoms with van der Waals surface area (Å²) in [6, 6.07) is 19.6. The third kappa shape index (κ3) is 3.29. The summed E-state index contributed by atoms with van der Waals surface area (Å²) >= 11 is 0. The van der Waals surface area contributed by atoms with Gasteiger partial charge in [0.1, 0.15) is 17.4 Å². The van der Waals surface area contributed by atoms with E-state index in [1.807, 2.05) is 24.3 Å². The zero-order valence-corrected chi connectivity index (χ0v) is 17.0. The van der Waals surface area contributed by atoms with Crippen molar-refractivity contribution in [1.29, 1.82) is 0 Å². The van der Waals surface area contributed by atoms with Gasteiger partial charge in [0.05, 0.1) is 48.2 Å². The molecule has 1 fully saturated rings. The molecule has 0 amide bonds. The van der Waals surface area contributed by atoms with Crippen LogP contribution in [-0.4, -0.2) is 51.2 Å². The highest BCUT2D eigenvalue weighted by atomic mass is 16.3. The van der Waals surface area contributed by atoms with Gasteiger partial charge in [0, 0.05) is 16.8 Å². The van der Waals surface area contributed by atoms with Crippen molar-refractivity contribution in [3.8, 4) is 28.5 Å². The molecule has 6 rings (SSSR count). The van der Waals surface area contributed by atoms with Gasteiger partial charge in [-0.05, 0) is 60.7 Å². The lowest BCUT2D eigenvalue weighted by Crippen LogP contribution is -2.89. The van der Waals surface area contributed by atoms with Crippen molar-refractivity contribution in [2.24, 2.45) is 0 Å². The number of anilines is 1. The molecule has 1 aliphatic rings. The maximum Gasteiger partial charge on any atom is 0.138 e. The predicted molar refractivity (Wildman–Crippen MR) is 122 cm³/mol. The third-order valence-corrected chi connectivity index (χ3v) is 5.93. The summed E-state index contributed by atoms with van der Waals surface area (Å²) in [4.78, 5) is 18.8. The fourth-order valence-corrected chi connectivity index (χ4v) is 4.25. The van der Waals surface area contributed by atoms with Gasteiger partial charge in [-0.15, -0.1) is 0 Å². The Morgan fingerprint density at radius 2 is 1.35 bits per heavy atom. The molecule has 0 radical (unpaired) electrons. The van der Waals surface area contributed by atoms with E-state index in [4.69, 9.17) is 4.98 Å². The minimum atomic E-state index is 0.244. The Bertz CT molecular complexity index is 1380. The van der Waals surface area contributed by atoms with Crippen molar-refractivity contribution in [2.75, 3.05) is 31.1 Å². The van der Waals surface area contributed by atoms with Crippen LogP contribution in [0.25, 0.3) is 44.8 Å². The summed E-state index contributed by atoms with van der Waals surface area (Å²) in [7, 11) is 0. The zero-order chi connectivity index (χ0) is 20.8. The number of quaternary nitrogens is 1. The van der Waals surface area contributed by atoms with Gasteiger partial charge in [0.15, 0.2) is 0 Å². The highest BCUT2D eigenvalue weighted by Gasteiger charge is 2.15. The average molecular weight is 411 g/mol. The number of phenolic OH excluding ortho intramolecular Hbond substituents is 1. The minimum Gasteiger partial charge on any atom is -0.508 e. The van der Waals surface area contributed by atoms with E-state index in [9.17, 15) is 5.11 Å². The molecular formula is C24H23N6O+. The number of hydrogen-bond donors (Lipinski definition) is 4. The van der Waals surface area contributed by atoms with Crippen LogP contribution in [0.4, 0.5) is 5.69 Å². The third-order valence-electron chi connectivity index (χ3n) is 5.93. The number of aromatic amines is 2. The van der Waals surface area contributed by atoms with Gasteiger partial charge >= 0.3 is 0 Å². The molecule has 0 bridgehead atoms. The Labute approximate surface area is 178 Å². The molecule has 0 atom stereocenters. The molecule has 7 heteroatoms. The van der Waals surface area contributed by atoms with Crippen LogP contribution < -0.4 is 10.2 Å². The number of benzene rings is 3. The zero-order valence-electron chi connectivity index (χ0n) is 17.0. The standard InChI is InChI=1S/C24H22N6O/c31-18-5-1-15(2-6-18)23-26-19-7-3-16(13-21(19)28-23)24-27-20-8-4-17(14-22(20)29-24)30-11-9-25-10-12-30/h1-8,13-14,25,31H,9-12H2,(H,26,28)(H,27,29)/p+1. The smallest absolute Gasteiger partial charge is 0.138 e. The number of nitrogens with zero attached hydrogens (tertiary/aromatic N) is 3. The van der Waals surface area contributed by atoms with Crippen LogP contribution in [0.2, 0.25) is 0 Å². The minimum absolute atomic E-state index is 0.244. The first-order valence-corrected chi connectivity index (χ1v) is 10.6. The largest absolute Gasteiger partial charge is 0.508 e. The maximum absolute atomic E-state index is 9.51. The maximum atomic E-state index is 9.51. The van der Waals surface area contributed by atoms with E-state index < -0.39 is 0 Å². The molecule has 3 heterocycles. The fraction of sp³-hybridized carbons (Fsp3) is 0.167. The number of aromatic nitrogens is 4. The summed E-state index contributed by atoms with van der Waals surface area (Å²) in [6.45, 7) is 4.43. The second-order valence-electron chi connectivity index (χ2n) is 8.00. The Kier molecular flexibility index (Phi) is 4.14. The molecule has 0 saturated carbocycles. The van der Waals surface area contributed by atoms with Gasteiger partial charge in [-0.1, -0.05) is 0 Å². The van der Waals surface area contributed by atoms with Crippen LogP contribution in [-0.2, 0) is 0 Å². The van der Waals surface area contributed by atoms with E-state index in [1.54, 1.807) is 12.1 Å². The second kappa shape index (κ2) is 7.14. The van der Waals surface area contributed by atoms with E-state index in [2.05, 4.69) is 49.4 Å². The van der Waals surface area contributed by atoms with E-state index in [0.717, 1.165) is 71.0 Å². The average Bonchev–Trinajstić information content (AvgIpc) is 3.43. The summed E-state index contributed by atoms with van der Waals surface area (Å²) in [5, 5.41) is 11.9. The predicted octanol–water partition coefficient (Wildman–Crippen LogP) is 2.86. The summed E-state index contributed by atoms with van der Waals surface area (Å²) in [5.41, 5.74) is 7.06. The molecule has 2 aromatic heterocycles. The summed E-state index contributed by atoms with van der Waals surface area (Å²) < 4.78 is 0. The number of H-pyrrole nitrogens is 2. The Morgan fingerprint density at radius 3 is 2.10 bits per heavy atom. The van der Waals surface area contributed by atoms with Crippen LogP contribution in [0.3, 0.4) is 0 Å². The normalized spacial score (nSPS) is 14.5. The molecule has 1 saturated heterocycles. The number of rotatable bonds is 3. The molecule has 5 aromatic rings. The molecule has 7 nitrogen and oxygen atoms in total. The molecule has 154 valence electrons. The molecule has 1 aliphatic heterocycles. The van der Waals surface area contributed by atoms with Crippen molar-refractivity contribution in [3.63, 3.8) is 0 Å². The van der Waals surface area contributed by atoms with E-state index in [1.165, 1.54) is 5.69 Å². The number of piperazine rings is 1. The highest BCUT2D eigenvalue weighted by Crippen LogP contribution is 2.28. The Hall–Kier alpha value is -3.84. The molecule has 5 N–H and O–H groups in total. The first-order valence-electron chi connectivity index (χ1n) is 10.6. The number of aromatic hydroxyl groups is 1. The number of hydrogen-bond acceptors (Lipinski definition) is 4. The van der Waals surface area contributed by atoms with Crippen molar-refractivity contribution in [2.45, 2.75) is 0 Å². The van der Waals surface area contributed by atoms with Crippen molar-refractivity contribution in [1.82, 2.24) is 19.9 Å². The van der Waals surface area contributed by atoms with Crippen LogP contribution >= 0.6 is 0 Å². The lowest BCUT2D eigenvalue weighted by atomic mass is 10.2. The quantitative estimate of drug-likeness (QED) is 0.367. The SMILES string of the molecule is Oc1ccc(-c2nc3ccc(-c4nc5ccc(N6CC[NH2+]CC6)cc5[nH]4)cc3[nH]2)cc1. The second-order valence-corrected chi connectivity index (χ2v) is 8.00. The van der Waals surface area contributed by atoms with Gasteiger partial charge < -0.3 is 25.3 Å². The van der Waals surface area contributed by atoms with Crippen molar-refractivity contribution < 1.29 is 10.4 Å². The van der Waals surface area contributed by atoms with Crippen LogP contribution in [0, 0.1) is 0 Å². The molecule has 0 spiro atoms. The monoisotopic (exact) mass is 411 g/mol. The number of imidazole rings is 2. The topological polar surface area (TPSA) is 97.4 Å². The number of phenols is 1. The van der Waals surface area contributed by atoms with Gasteiger partial charge in [-0.3, -0.25) is 0 Å². The van der Waals surface area contributed by atoms with Gasteiger partial charge in [0.25, 0.3) is 0 Å². The molecular weight excluding hydrogens is 388 g/mol. The van der Waals surface area contributed by atoms with Crippen molar-refractivity contribution in [3.05, 3.63) is 60.7 Å². The molecule has 3 aromatic carbocycles. The lowest BCUT2D eigenvalue weighted by molar-refractivity contribution is -0.655. The highest BCUT2D eigenvalue weighted by molar-refractivity contribution is 5.87. The van der Waals surface area contributed by atoms with E-state index in [0.29, 0.717) is 0 Å². The van der Waals surface area contributed by atoms with Crippen LogP contribution in [0.1, 0.15) is 0 Å². The number of nitrogens with two attached hydrogens (primary N) is 1.